The average Bonchev–Trinajstić information content (AvgIpc) is 2.40. The third-order valence-corrected chi connectivity index (χ3v) is 3.59. The zero-order chi connectivity index (χ0) is 9.42. The Hall–Kier alpha value is -0.670. The molecule has 1 heterocycles. The van der Waals surface area contributed by atoms with Crippen molar-refractivity contribution in [2.45, 2.75) is 6.92 Å². The van der Waals surface area contributed by atoms with E-state index in [1.807, 2.05) is 25.1 Å². The van der Waals surface area contributed by atoms with Gasteiger partial charge in [0.15, 0.2) is 6.29 Å². The standard InChI is InChI=1S/C10H7BrOS/c1-6-9(5-12)8-4-7(11)2-3-10(8)13-6/h2-5H,1H3. The lowest BCUT2D eigenvalue weighted by Crippen LogP contribution is -1.78. The zero-order valence-corrected chi connectivity index (χ0v) is 9.41. The van der Waals surface area contributed by atoms with Crippen molar-refractivity contribution >= 4 is 43.6 Å². The van der Waals surface area contributed by atoms with Gasteiger partial charge in [0, 0.05) is 25.0 Å². The zero-order valence-electron chi connectivity index (χ0n) is 7.00. The molecule has 0 saturated carbocycles. The average molecular weight is 255 g/mol. The summed E-state index contributed by atoms with van der Waals surface area (Å²) in [5.74, 6) is 0. The number of thiophene rings is 1. The van der Waals surface area contributed by atoms with E-state index in [9.17, 15) is 4.79 Å². The molecule has 2 rings (SSSR count). The Kier molecular flexibility index (Phi) is 2.22. The molecule has 0 aliphatic carbocycles. The maximum Gasteiger partial charge on any atom is 0.151 e. The predicted molar refractivity (Wildman–Crippen MR) is 59.6 cm³/mol. The molecule has 0 saturated heterocycles. The lowest BCUT2D eigenvalue weighted by Gasteiger charge is -1.91. The highest BCUT2D eigenvalue weighted by Gasteiger charge is 2.07. The van der Waals surface area contributed by atoms with Crippen LogP contribution in [0.25, 0.3) is 10.1 Å². The van der Waals surface area contributed by atoms with E-state index in [0.717, 1.165) is 26.6 Å². The predicted octanol–water partition coefficient (Wildman–Crippen LogP) is 3.78. The van der Waals surface area contributed by atoms with Gasteiger partial charge in [-0.2, -0.15) is 0 Å². The normalized spacial score (nSPS) is 10.6. The van der Waals surface area contributed by atoms with Crippen molar-refractivity contribution in [3.05, 3.63) is 33.1 Å². The highest BCUT2D eigenvalue weighted by Crippen LogP contribution is 2.31. The Labute approximate surface area is 88.5 Å². The maximum absolute atomic E-state index is 10.8. The second kappa shape index (κ2) is 3.24. The van der Waals surface area contributed by atoms with Gasteiger partial charge in [-0.3, -0.25) is 4.79 Å². The fraction of sp³-hybridized carbons (Fsp3) is 0.100. The van der Waals surface area contributed by atoms with Crippen LogP contribution in [0.5, 0.6) is 0 Å². The van der Waals surface area contributed by atoms with E-state index in [1.165, 1.54) is 4.70 Å². The van der Waals surface area contributed by atoms with E-state index in [4.69, 9.17) is 0 Å². The minimum atomic E-state index is 0.821. The molecule has 0 bridgehead atoms. The van der Waals surface area contributed by atoms with Crippen LogP contribution in [-0.2, 0) is 0 Å². The summed E-state index contributed by atoms with van der Waals surface area (Å²) in [5.41, 5.74) is 0.821. The van der Waals surface area contributed by atoms with Crippen LogP contribution in [0.15, 0.2) is 22.7 Å². The van der Waals surface area contributed by atoms with Crippen LogP contribution in [0.2, 0.25) is 0 Å². The molecule has 0 unspecified atom stereocenters. The van der Waals surface area contributed by atoms with Crippen molar-refractivity contribution in [2.75, 3.05) is 0 Å². The molecule has 66 valence electrons. The summed E-state index contributed by atoms with van der Waals surface area (Å²) in [6.45, 7) is 1.97. The van der Waals surface area contributed by atoms with Crippen molar-refractivity contribution in [1.29, 1.82) is 0 Å². The smallest absolute Gasteiger partial charge is 0.151 e. The number of benzene rings is 1. The molecule has 13 heavy (non-hydrogen) atoms. The summed E-state index contributed by atoms with van der Waals surface area (Å²) < 4.78 is 2.18. The molecule has 0 spiro atoms. The number of hydrogen-bond donors (Lipinski definition) is 0. The Morgan fingerprint density at radius 1 is 1.46 bits per heavy atom. The highest BCUT2D eigenvalue weighted by molar-refractivity contribution is 9.10. The molecule has 3 heteroatoms. The topological polar surface area (TPSA) is 17.1 Å². The summed E-state index contributed by atoms with van der Waals surface area (Å²) in [7, 11) is 0. The van der Waals surface area contributed by atoms with Gasteiger partial charge < -0.3 is 0 Å². The van der Waals surface area contributed by atoms with Crippen LogP contribution in [0.4, 0.5) is 0 Å². The van der Waals surface area contributed by atoms with E-state index >= 15 is 0 Å². The largest absolute Gasteiger partial charge is 0.298 e. The van der Waals surface area contributed by atoms with Crippen molar-refractivity contribution in [3.63, 3.8) is 0 Å². The van der Waals surface area contributed by atoms with Crippen molar-refractivity contribution < 1.29 is 4.79 Å². The summed E-state index contributed by atoms with van der Waals surface area (Å²) in [6, 6.07) is 6.01. The monoisotopic (exact) mass is 254 g/mol. The summed E-state index contributed by atoms with van der Waals surface area (Å²) in [4.78, 5) is 11.9. The minimum absolute atomic E-state index is 0.821. The third kappa shape index (κ3) is 1.42. The molecule has 1 aromatic heterocycles. The van der Waals surface area contributed by atoms with Crippen molar-refractivity contribution in [2.24, 2.45) is 0 Å². The van der Waals surface area contributed by atoms with E-state index in [2.05, 4.69) is 15.9 Å². The van der Waals surface area contributed by atoms with Gasteiger partial charge in [-0.25, -0.2) is 0 Å². The Morgan fingerprint density at radius 3 is 2.92 bits per heavy atom. The van der Waals surface area contributed by atoms with Gasteiger partial charge in [0.25, 0.3) is 0 Å². The molecule has 1 aromatic carbocycles. The van der Waals surface area contributed by atoms with E-state index in [0.29, 0.717) is 0 Å². The maximum atomic E-state index is 10.8. The fourth-order valence-electron chi connectivity index (χ4n) is 1.36. The van der Waals surface area contributed by atoms with Crippen LogP contribution in [0, 0.1) is 6.92 Å². The minimum Gasteiger partial charge on any atom is -0.298 e. The molecular formula is C10H7BrOS. The van der Waals surface area contributed by atoms with Crippen molar-refractivity contribution in [1.82, 2.24) is 0 Å². The first-order chi connectivity index (χ1) is 6.22. The Morgan fingerprint density at radius 2 is 2.23 bits per heavy atom. The number of halogens is 1. The number of carbonyl (C=O) groups is 1. The first kappa shape index (κ1) is 8.91. The number of rotatable bonds is 1. The van der Waals surface area contributed by atoms with E-state index in [1.54, 1.807) is 11.3 Å². The molecule has 0 N–H and O–H groups in total. The molecule has 0 aliphatic rings. The van der Waals surface area contributed by atoms with Crippen LogP contribution < -0.4 is 0 Å². The first-order valence-electron chi connectivity index (χ1n) is 3.86. The fourth-order valence-corrected chi connectivity index (χ4v) is 2.73. The van der Waals surface area contributed by atoms with Crippen LogP contribution in [0.3, 0.4) is 0 Å². The molecule has 0 amide bonds. The Bertz CT molecular complexity index is 473. The van der Waals surface area contributed by atoms with E-state index < -0.39 is 0 Å². The third-order valence-electron chi connectivity index (χ3n) is 1.99. The van der Waals surface area contributed by atoms with Crippen LogP contribution in [0.1, 0.15) is 15.2 Å². The van der Waals surface area contributed by atoms with Crippen LogP contribution >= 0.6 is 27.3 Å². The summed E-state index contributed by atoms with van der Waals surface area (Å²) in [5, 5.41) is 1.05. The van der Waals surface area contributed by atoms with E-state index in [-0.39, 0.29) is 0 Å². The van der Waals surface area contributed by atoms with Gasteiger partial charge >= 0.3 is 0 Å². The number of fused-ring (bicyclic) bond motifs is 1. The van der Waals surface area contributed by atoms with Gasteiger partial charge in [0.2, 0.25) is 0 Å². The lowest BCUT2D eigenvalue weighted by molar-refractivity contribution is 0.112. The SMILES string of the molecule is Cc1sc2ccc(Br)cc2c1C=O. The number of aryl methyl sites for hydroxylation is 1. The Balaban J connectivity index is 2.88. The van der Waals surface area contributed by atoms with Gasteiger partial charge in [-0.05, 0) is 25.1 Å². The number of carbonyl (C=O) groups excluding carboxylic acids is 1. The lowest BCUT2D eigenvalue weighted by atomic mass is 10.1. The second-order valence-corrected chi connectivity index (χ2v) is 5.00. The second-order valence-electron chi connectivity index (χ2n) is 2.83. The quantitative estimate of drug-likeness (QED) is 0.708. The molecular weight excluding hydrogens is 248 g/mol. The molecule has 0 radical (unpaired) electrons. The molecule has 0 aliphatic heterocycles. The summed E-state index contributed by atoms with van der Waals surface area (Å²) >= 11 is 5.05. The first-order valence-corrected chi connectivity index (χ1v) is 5.47. The number of hydrogen-bond acceptors (Lipinski definition) is 2. The summed E-state index contributed by atoms with van der Waals surface area (Å²) in [6.07, 6.45) is 0.931. The highest BCUT2D eigenvalue weighted by atomic mass is 79.9. The molecule has 2 aromatic rings. The van der Waals surface area contributed by atoms with Crippen molar-refractivity contribution in [3.8, 4) is 0 Å². The van der Waals surface area contributed by atoms with Gasteiger partial charge in [0.05, 0.1) is 0 Å². The van der Waals surface area contributed by atoms with Gasteiger partial charge in [-0.15, -0.1) is 11.3 Å². The van der Waals surface area contributed by atoms with Gasteiger partial charge in [-0.1, -0.05) is 15.9 Å². The molecule has 0 atom stereocenters. The van der Waals surface area contributed by atoms with Gasteiger partial charge in [0.1, 0.15) is 0 Å². The molecule has 1 nitrogen and oxygen atoms in total. The molecule has 0 fully saturated rings. The van der Waals surface area contributed by atoms with Crippen LogP contribution in [-0.4, -0.2) is 6.29 Å². The number of aldehydes is 1.